The minimum atomic E-state index is -3.59. The van der Waals surface area contributed by atoms with Crippen LogP contribution in [0.2, 0.25) is 5.02 Å². The van der Waals surface area contributed by atoms with Crippen molar-refractivity contribution >= 4 is 27.3 Å². The molecule has 1 saturated heterocycles. The van der Waals surface area contributed by atoms with Gasteiger partial charge in [0.05, 0.1) is 30.4 Å². The molecule has 1 aliphatic carbocycles. The van der Waals surface area contributed by atoms with E-state index in [9.17, 15) is 13.2 Å². The molecule has 0 unspecified atom stereocenters. The fraction of sp³-hybridized carbons (Fsp3) is 0.348. The van der Waals surface area contributed by atoms with Gasteiger partial charge in [0.15, 0.2) is 0 Å². The summed E-state index contributed by atoms with van der Waals surface area (Å²) in [5.74, 6) is 0.864. The molecule has 12 heteroatoms. The van der Waals surface area contributed by atoms with E-state index in [4.69, 9.17) is 21.1 Å². The number of nitrogens with zero attached hydrogens (tertiary/aromatic N) is 3. The van der Waals surface area contributed by atoms with Crippen LogP contribution < -0.4 is 24.7 Å². The van der Waals surface area contributed by atoms with Crippen molar-refractivity contribution in [2.24, 2.45) is 0 Å². The summed E-state index contributed by atoms with van der Waals surface area (Å²) in [6.07, 6.45) is 5.45. The minimum Gasteiger partial charge on any atom is -0.496 e. The summed E-state index contributed by atoms with van der Waals surface area (Å²) in [7, 11) is -2.09. The molecular weight excluding hydrogens is 494 g/mol. The first kappa shape index (κ1) is 23.6. The van der Waals surface area contributed by atoms with Crippen molar-refractivity contribution < 1.29 is 17.9 Å². The molecule has 184 valence electrons. The normalized spacial score (nSPS) is 18.0. The summed E-state index contributed by atoms with van der Waals surface area (Å²) in [5, 5.41) is 6.25. The smallest absolute Gasteiger partial charge is 0.285 e. The maximum atomic E-state index is 12.6. The Labute approximate surface area is 207 Å². The first-order valence-corrected chi connectivity index (χ1v) is 13.0. The minimum absolute atomic E-state index is 0.0203. The third-order valence-electron chi connectivity index (χ3n) is 5.98. The Kier molecular flexibility index (Phi) is 6.39. The number of rotatable bonds is 8. The van der Waals surface area contributed by atoms with Crippen LogP contribution >= 0.6 is 11.6 Å². The third-order valence-corrected chi connectivity index (χ3v) is 7.86. The van der Waals surface area contributed by atoms with Gasteiger partial charge in [-0.15, -0.1) is 0 Å². The molecule has 5 rings (SSSR count). The number of halogens is 1. The van der Waals surface area contributed by atoms with Crippen LogP contribution in [0.5, 0.6) is 11.6 Å². The van der Waals surface area contributed by atoms with Gasteiger partial charge in [0.2, 0.25) is 15.9 Å². The lowest BCUT2D eigenvalue weighted by Gasteiger charge is -2.19. The summed E-state index contributed by atoms with van der Waals surface area (Å²) in [6.45, 7) is 1.19. The van der Waals surface area contributed by atoms with Crippen LogP contribution in [0.3, 0.4) is 0 Å². The Morgan fingerprint density at radius 1 is 1.20 bits per heavy atom. The Balaban J connectivity index is 1.33. The molecule has 1 aromatic carbocycles. The predicted molar refractivity (Wildman–Crippen MR) is 131 cm³/mol. The zero-order chi connectivity index (χ0) is 24.6. The lowest BCUT2D eigenvalue weighted by Crippen LogP contribution is -2.26. The lowest BCUT2D eigenvalue weighted by atomic mass is 10.1. The molecule has 0 radical (unpaired) electrons. The molecule has 1 aliphatic heterocycles. The molecule has 35 heavy (non-hydrogen) atoms. The van der Waals surface area contributed by atoms with Gasteiger partial charge in [-0.2, -0.15) is 5.10 Å². The topological polar surface area (TPSA) is 127 Å². The fourth-order valence-corrected chi connectivity index (χ4v) is 5.55. The van der Waals surface area contributed by atoms with Gasteiger partial charge in [0, 0.05) is 42.9 Å². The van der Waals surface area contributed by atoms with Crippen LogP contribution in [0.25, 0.3) is 11.1 Å². The largest absolute Gasteiger partial charge is 0.496 e. The molecule has 3 heterocycles. The molecule has 2 aromatic heterocycles. The van der Waals surface area contributed by atoms with Crippen molar-refractivity contribution in [3.05, 3.63) is 58.1 Å². The number of aromatic nitrogens is 3. The highest BCUT2D eigenvalue weighted by Gasteiger charge is 2.29. The second-order valence-electron chi connectivity index (χ2n) is 8.51. The molecule has 1 atom stereocenters. The Bertz CT molecular complexity index is 1410. The molecule has 10 nitrogen and oxygen atoms in total. The number of ether oxygens (including phenoxy) is 2. The van der Waals surface area contributed by atoms with Gasteiger partial charge in [0.1, 0.15) is 16.9 Å². The van der Waals surface area contributed by atoms with Gasteiger partial charge >= 0.3 is 0 Å². The number of benzene rings is 1. The molecule has 2 N–H and O–H groups in total. The van der Waals surface area contributed by atoms with Gasteiger partial charge in [-0.3, -0.25) is 4.79 Å². The van der Waals surface area contributed by atoms with E-state index in [2.05, 4.69) is 19.9 Å². The number of hydrogen-bond acceptors (Lipinski definition) is 8. The van der Waals surface area contributed by atoms with Crippen LogP contribution in [-0.4, -0.2) is 55.9 Å². The first-order chi connectivity index (χ1) is 16.8. The lowest BCUT2D eigenvalue weighted by molar-refractivity contribution is 0.216. The average molecular weight is 518 g/mol. The highest BCUT2D eigenvalue weighted by molar-refractivity contribution is 7.89. The van der Waals surface area contributed by atoms with Crippen LogP contribution in [0, 0.1) is 0 Å². The van der Waals surface area contributed by atoms with Gasteiger partial charge in [-0.05, 0) is 36.6 Å². The van der Waals surface area contributed by atoms with Crippen LogP contribution in [0.1, 0.15) is 19.3 Å². The number of aromatic amines is 1. The molecule has 2 fully saturated rings. The van der Waals surface area contributed by atoms with Crippen molar-refractivity contribution in [1.29, 1.82) is 0 Å². The van der Waals surface area contributed by atoms with E-state index in [0.29, 0.717) is 30.4 Å². The predicted octanol–water partition coefficient (Wildman–Crippen LogP) is 2.59. The number of anilines is 1. The van der Waals surface area contributed by atoms with Crippen LogP contribution in [0.4, 0.5) is 5.69 Å². The number of methoxy groups -OCH3 is 1. The zero-order valence-corrected chi connectivity index (χ0v) is 20.5. The number of nitrogens with one attached hydrogen (secondary N) is 2. The van der Waals surface area contributed by atoms with Crippen molar-refractivity contribution in [3.8, 4) is 22.8 Å². The molecule has 2 aliphatic rings. The van der Waals surface area contributed by atoms with E-state index in [1.165, 1.54) is 19.4 Å². The third kappa shape index (κ3) is 5.12. The summed E-state index contributed by atoms with van der Waals surface area (Å²) in [4.78, 5) is 18.2. The van der Waals surface area contributed by atoms with E-state index in [1.54, 1.807) is 24.4 Å². The fourth-order valence-electron chi connectivity index (χ4n) is 4.02. The first-order valence-electron chi connectivity index (χ1n) is 11.2. The maximum absolute atomic E-state index is 12.6. The SMILES string of the molecule is COc1cc(S(=O)(=O)NC2CC2)ccc1-c1ccnc(O[C@@H]2CCN(c3cn[nH]c(=O)c3Cl)C2)c1. The second kappa shape index (κ2) is 9.48. The summed E-state index contributed by atoms with van der Waals surface area (Å²) >= 11 is 6.13. The van der Waals surface area contributed by atoms with Gasteiger partial charge in [-0.1, -0.05) is 11.6 Å². The Morgan fingerprint density at radius 3 is 2.80 bits per heavy atom. The van der Waals surface area contributed by atoms with Crippen LogP contribution in [-0.2, 0) is 10.0 Å². The molecule has 0 spiro atoms. The van der Waals surface area contributed by atoms with Crippen molar-refractivity contribution in [2.75, 3.05) is 25.1 Å². The standard InChI is InChI=1S/C23H24ClN5O5S/c1-33-20-11-17(35(31,32)28-15-2-3-15)4-5-18(20)14-6-8-25-21(10-14)34-16-7-9-29(13-16)19-12-26-27-23(30)22(19)24/h4-6,8,10-12,15-16,28H,2-3,7,9,13H2,1H3,(H,27,30)/t16-/m1/s1. The van der Waals surface area contributed by atoms with E-state index in [1.807, 2.05) is 11.0 Å². The summed E-state index contributed by atoms with van der Waals surface area (Å²) in [6, 6.07) is 8.43. The Hall–Kier alpha value is -3.15. The maximum Gasteiger partial charge on any atom is 0.285 e. The van der Waals surface area contributed by atoms with Gasteiger partial charge < -0.3 is 14.4 Å². The number of sulfonamides is 1. The van der Waals surface area contributed by atoms with E-state index >= 15 is 0 Å². The van der Waals surface area contributed by atoms with E-state index < -0.39 is 15.6 Å². The molecular formula is C23H24ClN5O5S. The monoisotopic (exact) mass is 517 g/mol. The second-order valence-corrected chi connectivity index (χ2v) is 10.6. The van der Waals surface area contributed by atoms with E-state index in [0.717, 1.165) is 30.4 Å². The Morgan fingerprint density at radius 2 is 2.03 bits per heavy atom. The molecule has 0 bridgehead atoms. The average Bonchev–Trinajstić information content (AvgIpc) is 3.54. The van der Waals surface area contributed by atoms with Crippen LogP contribution in [0.15, 0.2) is 52.4 Å². The zero-order valence-electron chi connectivity index (χ0n) is 18.9. The molecule has 1 saturated carbocycles. The van der Waals surface area contributed by atoms with Crippen molar-refractivity contribution in [3.63, 3.8) is 0 Å². The highest BCUT2D eigenvalue weighted by atomic mass is 35.5. The van der Waals surface area contributed by atoms with Gasteiger partial charge in [-0.25, -0.2) is 23.2 Å². The number of H-pyrrole nitrogens is 1. The molecule has 3 aromatic rings. The van der Waals surface area contributed by atoms with Crippen molar-refractivity contribution in [2.45, 2.75) is 36.3 Å². The summed E-state index contributed by atoms with van der Waals surface area (Å²) in [5.41, 5.74) is 1.64. The highest BCUT2D eigenvalue weighted by Crippen LogP contribution is 2.34. The van der Waals surface area contributed by atoms with Crippen molar-refractivity contribution in [1.82, 2.24) is 19.9 Å². The number of hydrogen-bond donors (Lipinski definition) is 2. The molecule has 0 amide bonds. The summed E-state index contributed by atoms with van der Waals surface area (Å²) < 4.78 is 39.5. The number of pyridine rings is 1. The van der Waals surface area contributed by atoms with Gasteiger partial charge in [0.25, 0.3) is 5.56 Å². The van der Waals surface area contributed by atoms with E-state index in [-0.39, 0.29) is 22.1 Å². The quantitative estimate of drug-likeness (QED) is 0.467.